The standard InChI is InChI=1S/C21H23BrN2.C20H21BrN2.2ClH/c1-14(15-7-3-2-4-8-15)23-20-10-6-5-9-17-18-13-16(22)11-12-19(18)24-21(17)20;21-15-10-11-18-17(12-15)16-8-4-5-9-19(20(16)23-18)22-13-14-6-2-1-3-7-14;;/h2-4,7-8,11-14,20,23-24H,5-6,9-10H2,1H3;1-3,6-7,10-12,19,22-23H,4-5,8-9,13H2;2*1H/t14-,20?;;;/m1.../s1. The number of halogens is 4. The van der Waals surface area contributed by atoms with Crippen LogP contribution < -0.4 is 10.6 Å². The van der Waals surface area contributed by atoms with Crippen LogP contribution in [0, 0.1) is 0 Å². The quantitative estimate of drug-likeness (QED) is 0.126. The third-order valence-corrected chi connectivity index (χ3v) is 11.0. The number of aromatic nitrogens is 2. The first-order valence-electron chi connectivity index (χ1n) is 17.2. The Hall–Kier alpha value is -2.58. The molecule has 2 heterocycles. The van der Waals surface area contributed by atoms with Crippen molar-refractivity contribution < 1.29 is 0 Å². The van der Waals surface area contributed by atoms with Crippen LogP contribution in [-0.4, -0.2) is 9.97 Å². The van der Waals surface area contributed by atoms with Gasteiger partial charge in [-0.25, -0.2) is 0 Å². The van der Waals surface area contributed by atoms with Gasteiger partial charge in [-0.05, 0) is 104 Å². The second-order valence-electron chi connectivity index (χ2n) is 13.2. The van der Waals surface area contributed by atoms with Crippen molar-refractivity contribution in [1.29, 1.82) is 0 Å². The van der Waals surface area contributed by atoms with E-state index >= 15 is 0 Å². The number of fused-ring (bicyclic) bond motifs is 6. The van der Waals surface area contributed by atoms with Crippen molar-refractivity contribution in [3.8, 4) is 0 Å². The van der Waals surface area contributed by atoms with Crippen LogP contribution in [0.3, 0.4) is 0 Å². The first-order chi connectivity index (χ1) is 23.0. The van der Waals surface area contributed by atoms with E-state index < -0.39 is 0 Å². The molecule has 6 aromatic rings. The van der Waals surface area contributed by atoms with Crippen molar-refractivity contribution in [3.63, 3.8) is 0 Å². The van der Waals surface area contributed by atoms with Gasteiger partial charge < -0.3 is 20.6 Å². The largest absolute Gasteiger partial charge is 0.357 e. The van der Waals surface area contributed by atoms with E-state index in [9.17, 15) is 0 Å². The van der Waals surface area contributed by atoms with Gasteiger partial charge in [0.1, 0.15) is 0 Å². The van der Waals surface area contributed by atoms with E-state index in [1.54, 1.807) is 0 Å². The van der Waals surface area contributed by atoms with Crippen molar-refractivity contribution in [2.75, 3.05) is 0 Å². The lowest BCUT2D eigenvalue weighted by molar-refractivity contribution is 0.431. The van der Waals surface area contributed by atoms with E-state index in [2.05, 4.69) is 156 Å². The van der Waals surface area contributed by atoms with Crippen LogP contribution in [-0.2, 0) is 19.4 Å². The normalized spacial score (nSPS) is 17.7. The van der Waals surface area contributed by atoms with Gasteiger partial charge in [-0.15, -0.1) is 24.8 Å². The SMILES string of the molecule is Brc1ccc2[nH]c3c(c2c1)CCCCC3NCc1ccccc1.C[C@@H](NC1CCCCc2c1[nH]c1ccc(Br)cc21)c1ccccc1.Cl.Cl. The highest BCUT2D eigenvalue weighted by atomic mass is 79.9. The van der Waals surface area contributed by atoms with Crippen LogP contribution in [0.5, 0.6) is 0 Å². The highest BCUT2D eigenvalue weighted by molar-refractivity contribution is 9.10. The minimum Gasteiger partial charge on any atom is -0.357 e. The number of nitrogens with one attached hydrogen (secondary N) is 4. The third kappa shape index (κ3) is 8.84. The van der Waals surface area contributed by atoms with Crippen LogP contribution in [0.25, 0.3) is 21.8 Å². The molecule has 8 heteroatoms. The highest BCUT2D eigenvalue weighted by Gasteiger charge is 2.25. The Balaban J connectivity index is 0.000000184. The van der Waals surface area contributed by atoms with Crippen LogP contribution in [0.15, 0.2) is 106 Å². The predicted molar refractivity (Wildman–Crippen MR) is 218 cm³/mol. The Kier molecular flexibility index (Phi) is 13.5. The smallest absolute Gasteiger partial charge is 0.0480 e. The monoisotopic (exact) mass is 822 g/mol. The van der Waals surface area contributed by atoms with Gasteiger partial charge >= 0.3 is 0 Å². The van der Waals surface area contributed by atoms with E-state index in [0.29, 0.717) is 18.1 Å². The lowest BCUT2D eigenvalue weighted by Gasteiger charge is -2.23. The molecule has 258 valence electrons. The number of benzene rings is 4. The molecule has 8 rings (SSSR count). The molecule has 4 nitrogen and oxygen atoms in total. The van der Waals surface area contributed by atoms with E-state index in [0.717, 1.165) is 15.5 Å². The Morgan fingerprint density at radius 3 is 1.73 bits per heavy atom. The Morgan fingerprint density at radius 1 is 0.653 bits per heavy atom. The first-order valence-corrected chi connectivity index (χ1v) is 18.8. The summed E-state index contributed by atoms with van der Waals surface area (Å²) in [6.07, 6.45) is 9.84. The molecule has 2 aliphatic rings. The first kappa shape index (κ1) is 37.7. The molecule has 3 atom stereocenters. The zero-order valence-electron chi connectivity index (χ0n) is 27.9. The van der Waals surface area contributed by atoms with Gasteiger partial charge in [0, 0.05) is 66.8 Å². The molecule has 0 radical (unpaired) electrons. The van der Waals surface area contributed by atoms with Crippen molar-refractivity contribution in [2.24, 2.45) is 0 Å². The van der Waals surface area contributed by atoms with E-state index in [1.165, 1.54) is 107 Å². The fourth-order valence-electron chi connectivity index (χ4n) is 7.55. The average Bonchev–Trinajstić information content (AvgIpc) is 3.47. The van der Waals surface area contributed by atoms with Gasteiger partial charge in [-0.1, -0.05) is 105 Å². The fourth-order valence-corrected chi connectivity index (χ4v) is 8.27. The summed E-state index contributed by atoms with van der Waals surface area (Å²) < 4.78 is 2.31. The van der Waals surface area contributed by atoms with E-state index in [1.807, 2.05) is 0 Å². The zero-order chi connectivity index (χ0) is 32.2. The van der Waals surface area contributed by atoms with Crippen molar-refractivity contribution in [3.05, 3.63) is 140 Å². The molecule has 0 saturated carbocycles. The Bertz CT molecular complexity index is 1940. The zero-order valence-corrected chi connectivity index (χ0v) is 32.7. The molecule has 49 heavy (non-hydrogen) atoms. The highest BCUT2D eigenvalue weighted by Crippen LogP contribution is 2.37. The fraction of sp³-hybridized carbons (Fsp3) is 0.317. The molecule has 0 fully saturated rings. The molecule has 0 aliphatic heterocycles. The summed E-state index contributed by atoms with van der Waals surface area (Å²) in [5.41, 5.74) is 11.0. The summed E-state index contributed by atoms with van der Waals surface area (Å²) in [7, 11) is 0. The number of rotatable bonds is 6. The molecule has 4 N–H and O–H groups in total. The Morgan fingerprint density at radius 2 is 1.16 bits per heavy atom. The third-order valence-electron chi connectivity index (χ3n) is 9.98. The van der Waals surface area contributed by atoms with Gasteiger partial charge in [0.05, 0.1) is 0 Å². The van der Waals surface area contributed by atoms with Crippen molar-refractivity contribution in [2.45, 2.75) is 83.0 Å². The maximum Gasteiger partial charge on any atom is 0.0480 e. The molecule has 0 amide bonds. The van der Waals surface area contributed by atoms with Gasteiger partial charge in [0.15, 0.2) is 0 Å². The Labute approximate surface area is 319 Å². The summed E-state index contributed by atoms with van der Waals surface area (Å²) in [5, 5.41) is 10.4. The number of H-pyrrole nitrogens is 2. The topological polar surface area (TPSA) is 55.6 Å². The lowest BCUT2D eigenvalue weighted by atomic mass is 10.0. The van der Waals surface area contributed by atoms with Crippen LogP contribution >= 0.6 is 56.7 Å². The van der Waals surface area contributed by atoms with Gasteiger partial charge in [-0.3, -0.25) is 0 Å². The van der Waals surface area contributed by atoms with Crippen LogP contribution in [0.4, 0.5) is 0 Å². The second kappa shape index (κ2) is 17.6. The van der Waals surface area contributed by atoms with Gasteiger partial charge in [0.2, 0.25) is 0 Å². The maximum atomic E-state index is 3.86. The molecule has 2 aliphatic carbocycles. The minimum absolute atomic E-state index is 0. The molecular formula is C41H46Br2Cl2N4. The van der Waals surface area contributed by atoms with Gasteiger partial charge in [-0.2, -0.15) is 0 Å². The molecule has 2 unspecified atom stereocenters. The predicted octanol–water partition coefficient (Wildman–Crippen LogP) is 12.4. The number of aromatic amines is 2. The van der Waals surface area contributed by atoms with E-state index in [-0.39, 0.29) is 24.8 Å². The number of aryl methyl sites for hydroxylation is 2. The average molecular weight is 826 g/mol. The molecule has 2 aromatic heterocycles. The van der Waals surface area contributed by atoms with Gasteiger partial charge in [0.25, 0.3) is 0 Å². The van der Waals surface area contributed by atoms with Crippen molar-refractivity contribution >= 4 is 78.5 Å². The minimum atomic E-state index is 0. The van der Waals surface area contributed by atoms with E-state index in [4.69, 9.17) is 0 Å². The van der Waals surface area contributed by atoms with Crippen molar-refractivity contribution in [1.82, 2.24) is 20.6 Å². The summed E-state index contributed by atoms with van der Waals surface area (Å²) in [4.78, 5) is 7.39. The number of hydrogen-bond acceptors (Lipinski definition) is 2. The van der Waals surface area contributed by atoms with Crippen LogP contribution in [0.1, 0.15) is 97.2 Å². The second-order valence-corrected chi connectivity index (χ2v) is 15.0. The summed E-state index contributed by atoms with van der Waals surface area (Å²) >= 11 is 7.23. The lowest BCUT2D eigenvalue weighted by Crippen LogP contribution is -2.25. The summed E-state index contributed by atoms with van der Waals surface area (Å²) in [6, 6.07) is 35.7. The molecule has 0 saturated heterocycles. The molecular weight excluding hydrogens is 779 g/mol. The molecule has 0 bridgehead atoms. The number of hydrogen-bond donors (Lipinski definition) is 4. The molecule has 0 spiro atoms. The van der Waals surface area contributed by atoms with Crippen LogP contribution in [0.2, 0.25) is 0 Å². The molecule has 4 aromatic carbocycles. The maximum absolute atomic E-state index is 3.86. The summed E-state index contributed by atoms with van der Waals surface area (Å²) in [5.74, 6) is 0. The summed E-state index contributed by atoms with van der Waals surface area (Å²) in [6.45, 7) is 3.18.